The van der Waals surface area contributed by atoms with Crippen molar-refractivity contribution in [3.63, 3.8) is 0 Å². The zero-order chi connectivity index (χ0) is 32.1. The van der Waals surface area contributed by atoms with Crippen LogP contribution in [0.4, 0.5) is 11.4 Å². The van der Waals surface area contributed by atoms with Crippen molar-refractivity contribution < 1.29 is 19.5 Å². The Labute approximate surface area is 267 Å². The van der Waals surface area contributed by atoms with E-state index in [1.165, 1.54) is 0 Å². The Morgan fingerprint density at radius 3 is 2.16 bits per heavy atom. The second-order valence-corrected chi connectivity index (χ2v) is 12.5. The SMILES string of the molecule is CCN(CC)C1=CC(=NC(=O)C2CCCC2)/C(=C2\C(=O)C(c3ccc(N(CC)CC)cc3NC(=O)CC3CCCC3)=C2O)C=C1. The number of hydrogen-bond acceptors (Lipinski definition) is 6. The number of rotatable bonds is 11. The van der Waals surface area contributed by atoms with Crippen molar-refractivity contribution in [3.05, 3.63) is 64.6 Å². The first-order chi connectivity index (χ1) is 21.8. The standard InChI is InChI=1S/C37H48N4O4/c1-5-40(6-2)26-17-19-28(30(22-26)38-32(42)21-24-13-9-10-14-24)33-35(43)34(36(33)44)29-20-18-27(41(7-3)8-4)23-31(29)39-37(45)25-15-11-12-16-25/h17-20,22-25,43H,5-16,21H2,1-4H3,(H,38,42)/b34-29-,39-31?. The number of likely N-dealkylation sites (N-methyl/N-ethyl adjacent to an activating group) is 1. The summed E-state index contributed by atoms with van der Waals surface area (Å²) in [6.45, 7) is 11.5. The highest BCUT2D eigenvalue weighted by molar-refractivity contribution is 6.42. The fourth-order valence-electron chi connectivity index (χ4n) is 7.21. The molecular formula is C37H48N4O4. The zero-order valence-corrected chi connectivity index (χ0v) is 27.3. The molecule has 0 spiro atoms. The number of aliphatic hydroxyl groups is 1. The van der Waals surface area contributed by atoms with Crippen molar-refractivity contribution in [2.75, 3.05) is 36.4 Å². The van der Waals surface area contributed by atoms with Gasteiger partial charge in [0.2, 0.25) is 17.6 Å². The number of nitrogens with one attached hydrogen (secondary N) is 1. The first kappa shape index (κ1) is 32.5. The maximum absolute atomic E-state index is 13.9. The first-order valence-electron chi connectivity index (χ1n) is 17.0. The summed E-state index contributed by atoms with van der Waals surface area (Å²) >= 11 is 0. The minimum Gasteiger partial charge on any atom is -0.506 e. The molecule has 5 rings (SSSR count). The van der Waals surface area contributed by atoms with Gasteiger partial charge in [-0.15, -0.1) is 0 Å². The van der Waals surface area contributed by atoms with Gasteiger partial charge in [0, 0.05) is 61.0 Å². The summed E-state index contributed by atoms with van der Waals surface area (Å²) in [5.74, 6) is -0.422. The highest BCUT2D eigenvalue weighted by Crippen LogP contribution is 2.43. The van der Waals surface area contributed by atoms with Gasteiger partial charge in [0.05, 0.1) is 22.5 Å². The molecule has 0 radical (unpaired) electrons. The second-order valence-electron chi connectivity index (χ2n) is 12.5. The van der Waals surface area contributed by atoms with Crippen LogP contribution < -0.4 is 10.2 Å². The van der Waals surface area contributed by atoms with Crippen LogP contribution in [0, 0.1) is 11.8 Å². The molecule has 0 aliphatic heterocycles. The van der Waals surface area contributed by atoms with Gasteiger partial charge in [0.15, 0.2) is 0 Å². The summed E-state index contributed by atoms with van der Waals surface area (Å²) in [4.78, 5) is 49.2. The van der Waals surface area contributed by atoms with Gasteiger partial charge in [-0.1, -0.05) is 25.7 Å². The largest absolute Gasteiger partial charge is 0.506 e. The lowest BCUT2D eigenvalue weighted by Crippen LogP contribution is -2.28. The van der Waals surface area contributed by atoms with Crippen LogP contribution in [0.2, 0.25) is 0 Å². The van der Waals surface area contributed by atoms with Crippen LogP contribution in [-0.2, 0) is 14.4 Å². The van der Waals surface area contributed by atoms with Crippen molar-refractivity contribution in [1.82, 2.24) is 4.90 Å². The molecule has 0 atom stereocenters. The monoisotopic (exact) mass is 612 g/mol. The number of Topliss-reactive ketones (excluding diaryl/α,β-unsaturated/α-hetero) is 1. The summed E-state index contributed by atoms with van der Waals surface area (Å²) in [6, 6.07) is 5.65. The summed E-state index contributed by atoms with van der Waals surface area (Å²) < 4.78 is 0. The molecule has 0 unspecified atom stereocenters. The third-order valence-corrected chi connectivity index (χ3v) is 9.87. The molecule has 1 aromatic carbocycles. The van der Waals surface area contributed by atoms with E-state index in [-0.39, 0.29) is 40.4 Å². The van der Waals surface area contributed by atoms with E-state index in [4.69, 9.17) is 0 Å². The van der Waals surface area contributed by atoms with Crippen molar-refractivity contribution >= 4 is 40.3 Å². The molecule has 0 aromatic heterocycles. The van der Waals surface area contributed by atoms with Gasteiger partial charge in [-0.05, 0) is 95.7 Å². The van der Waals surface area contributed by atoms with Crippen molar-refractivity contribution in [2.24, 2.45) is 16.8 Å². The summed E-state index contributed by atoms with van der Waals surface area (Å²) in [5.41, 5.74) is 4.07. The number of carbonyl (C=O) groups is 3. The lowest BCUT2D eigenvalue weighted by Gasteiger charge is -2.29. The second kappa shape index (κ2) is 14.4. The Hall–Kier alpha value is -3.94. The summed E-state index contributed by atoms with van der Waals surface area (Å²) in [6.07, 6.45) is 14.2. The van der Waals surface area contributed by atoms with E-state index >= 15 is 0 Å². The molecule has 4 aliphatic carbocycles. The summed E-state index contributed by atoms with van der Waals surface area (Å²) in [7, 11) is 0. The van der Waals surface area contributed by atoms with Gasteiger partial charge in [-0.25, -0.2) is 4.99 Å². The zero-order valence-electron chi connectivity index (χ0n) is 27.3. The van der Waals surface area contributed by atoms with Crippen LogP contribution in [0.15, 0.2) is 64.0 Å². The van der Waals surface area contributed by atoms with Gasteiger partial charge in [0.1, 0.15) is 5.76 Å². The predicted molar refractivity (Wildman–Crippen MR) is 181 cm³/mol. The molecule has 240 valence electrons. The molecule has 2 fully saturated rings. The maximum Gasteiger partial charge on any atom is 0.249 e. The fourth-order valence-corrected chi connectivity index (χ4v) is 7.21. The highest BCUT2D eigenvalue weighted by atomic mass is 16.3. The van der Waals surface area contributed by atoms with E-state index in [1.807, 2.05) is 30.4 Å². The lowest BCUT2D eigenvalue weighted by atomic mass is 9.78. The van der Waals surface area contributed by atoms with Crippen LogP contribution in [0.25, 0.3) is 5.57 Å². The first-order valence-corrected chi connectivity index (χ1v) is 17.0. The van der Waals surface area contributed by atoms with E-state index in [1.54, 1.807) is 6.08 Å². The fraction of sp³-hybridized carbons (Fsp3) is 0.514. The quantitative estimate of drug-likeness (QED) is 0.257. The van der Waals surface area contributed by atoms with Crippen LogP contribution in [0.3, 0.4) is 0 Å². The molecule has 4 aliphatic rings. The number of aliphatic imine (C=N–C) groups is 1. The van der Waals surface area contributed by atoms with Crippen molar-refractivity contribution in [2.45, 2.75) is 85.5 Å². The minimum atomic E-state index is -0.324. The number of hydrogen-bond donors (Lipinski definition) is 2. The van der Waals surface area contributed by atoms with E-state index in [0.29, 0.717) is 34.9 Å². The highest BCUT2D eigenvalue weighted by Gasteiger charge is 2.40. The van der Waals surface area contributed by atoms with Crippen LogP contribution >= 0.6 is 0 Å². The number of anilines is 2. The van der Waals surface area contributed by atoms with Crippen LogP contribution in [-0.4, -0.2) is 59.5 Å². The van der Waals surface area contributed by atoms with E-state index in [9.17, 15) is 19.5 Å². The Balaban J connectivity index is 1.54. The summed E-state index contributed by atoms with van der Waals surface area (Å²) in [5, 5.41) is 14.6. The number of ketones is 1. The van der Waals surface area contributed by atoms with Gasteiger partial charge in [-0.3, -0.25) is 14.4 Å². The number of amides is 2. The predicted octanol–water partition coefficient (Wildman–Crippen LogP) is 7.15. The molecule has 8 heteroatoms. The van der Waals surface area contributed by atoms with Gasteiger partial charge >= 0.3 is 0 Å². The van der Waals surface area contributed by atoms with Gasteiger partial charge in [0.25, 0.3) is 0 Å². The van der Waals surface area contributed by atoms with E-state index in [0.717, 1.165) is 88.9 Å². The topological polar surface area (TPSA) is 102 Å². The number of allylic oxidation sites excluding steroid dienone is 6. The van der Waals surface area contributed by atoms with Crippen LogP contribution in [0.1, 0.15) is 91.0 Å². The Morgan fingerprint density at radius 2 is 1.53 bits per heavy atom. The Kier molecular flexibility index (Phi) is 10.4. The number of nitrogens with zero attached hydrogens (tertiary/aromatic N) is 3. The average Bonchev–Trinajstić information content (AvgIpc) is 3.76. The number of carbonyl (C=O) groups excluding carboxylic acids is 3. The third kappa shape index (κ3) is 6.85. The molecule has 1 aromatic rings. The molecule has 0 bridgehead atoms. The van der Waals surface area contributed by atoms with Crippen molar-refractivity contribution in [1.29, 1.82) is 0 Å². The molecule has 2 amide bonds. The van der Waals surface area contributed by atoms with Gasteiger partial charge < -0.3 is 20.2 Å². The molecule has 45 heavy (non-hydrogen) atoms. The minimum absolute atomic E-state index is 0.0746. The Bertz CT molecular complexity index is 1480. The maximum atomic E-state index is 13.9. The molecule has 2 saturated carbocycles. The smallest absolute Gasteiger partial charge is 0.249 e. The molecule has 0 heterocycles. The van der Waals surface area contributed by atoms with Crippen LogP contribution in [0.5, 0.6) is 0 Å². The average molecular weight is 613 g/mol. The number of benzene rings is 1. The molecule has 8 nitrogen and oxygen atoms in total. The molecule has 2 N–H and O–H groups in total. The van der Waals surface area contributed by atoms with E-state index in [2.05, 4.69) is 47.8 Å². The number of aliphatic hydroxyl groups excluding tert-OH is 1. The lowest BCUT2D eigenvalue weighted by molar-refractivity contribution is -0.121. The van der Waals surface area contributed by atoms with Crippen molar-refractivity contribution in [3.8, 4) is 0 Å². The normalized spacial score (nSPS) is 21.4. The molecule has 0 saturated heterocycles. The van der Waals surface area contributed by atoms with E-state index < -0.39 is 0 Å². The Morgan fingerprint density at radius 1 is 0.889 bits per heavy atom. The molecular weight excluding hydrogens is 564 g/mol. The third-order valence-electron chi connectivity index (χ3n) is 9.87. The van der Waals surface area contributed by atoms with Gasteiger partial charge in [-0.2, -0.15) is 0 Å².